The molecule has 2 aromatic rings. The van der Waals surface area contributed by atoms with Gasteiger partial charge in [0.05, 0.1) is 5.60 Å². The molecule has 2 heteroatoms. The second kappa shape index (κ2) is 5.59. The highest BCUT2D eigenvalue weighted by Crippen LogP contribution is 2.30. The van der Waals surface area contributed by atoms with Crippen LogP contribution in [0, 0.1) is 20.8 Å². The molecule has 0 saturated carbocycles. The topological polar surface area (TPSA) is 20.2 Å². The highest BCUT2D eigenvalue weighted by Gasteiger charge is 2.25. The smallest absolute Gasteiger partial charge is 0.0911 e. The van der Waals surface area contributed by atoms with Crippen LogP contribution in [0.4, 0.5) is 0 Å². The third-order valence-electron chi connectivity index (χ3n) is 3.88. The molecule has 106 valence electrons. The van der Waals surface area contributed by atoms with E-state index >= 15 is 0 Å². The van der Waals surface area contributed by atoms with Crippen molar-refractivity contribution in [3.8, 4) is 0 Å². The lowest BCUT2D eigenvalue weighted by Crippen LogP contribution is -2.25. The fraction of sp³-hybridized carbons (Fsp3) is 0.333. The summed E-state index contributed by atoms with van der Waals surface area (Å²) >= 11 is 5.90. The van der Waals surface area contributed by atoms with Crippen LogP contribution in [0.5, 0.6) is 0 Å². The third-order valence-corrected chi connectivity index (χ3v) is 4.13. The van der Waals surface area contributed by atoms with E-state index in [1.807, 2.05) is 31.2 Å². The Morgan fingerprint density at radius 3 is 2.10 bits per heavy atom. The SMILES string of the molecule is Cc1cc(C)c(C(C)(O)Cc2ccc(Cl)cc2)cc1C. The van der Waals surface area contributed by atoms with Gasteiger partial charge in [-0.15, -0.1) is 0 Å². The van der Waals surface area contributed by atoms with Crippen molar-refractivity contribution in [2.75, 3.05) is 0 Å². The van der Waals surface area contributed by atoms with Crippen molar-refractivity contribution in [2.45, 2.75) is 39.7 Å². The van der Waals surface area contributed by atoms with Crippen LogP contribution in [0.1, 0.15) is 34.7 Å². The Labute approximate surface area is 126 Å². The molecule has 0 bridgehead atoms. The van der Waals surface area contributed by atoms with E-state index in [4.69, 9.17) is 11.6 Å². The molecule has 0 aromatic heterocycles. The van der Waals surface area contributed by atoms with Crippen molar-refractivity contribution in [1.29, 1.82) is 0 Å². The average Bonchev–Trinajstić information content (AvgIpc) is 2.36. The summed E-state index contributed by atoms with van der Waals surface area (Å²) in [5.41, 5.74) is 4.80. The van der Waals surface area contributed by atoms with Crippen LogP contribution in [0.25, 0.3) is 0 Å². The van der Waals surface area contributed by atoms with E-state index in [9.17, 15) is 5.11 Å². The molecule has 0 aliphatic heterocycles. The molecule has 2 rings (SSSR count). The molecule has 0 spiro atoms. The van der Waals surface area contributed by atoms with Gasteiger partial charge >= 0.3 is 0 Å². The first-order valence-corrected chi connectivity index (χ1v) is 7.22. The van der Waals surface area contributed by atoms with E-state index in [-0.39, 0.29) is 0 Å². The summed E-state index contributed by atoms with van der Waals surface area (Å²) in [4.78, 5) is 0. The zero-order valence-electron chi connectivity index (χ0n) is 12.5. The molecule has 0 heterocycles. The summed E-state index contributed by atoms with van der Waals surface area (Å²) in [5.74, 6) is 0. The predicted octanol–water partition coefficient (Wildman–Crippen LogP) is 4.72. The lowest BCUT2D eigenvalue weighted by atomic mass is 9.84. The van der Waals surface area contributed by atoms with Crippen LogP contribution in [0.3, 0.4) is 0 Å². The number of aryl methyl sites for hydroxylation is 3. The number of halogens is 1. The van der Waals surface area contributed by atoms with Crippen molar-refractivity contribution in [2.24, 2.45) is 0 Å². The Morgan fingerprint density at radius 1 is 0.950 bits per heavy atom. The molecule has 0 radical (unpaired) electrons. The Hall–Kier alpha value is -1.31. The Bertz CT molecular complexity index is 612. The molecule has 0 aliphatic carbocycles. The van der Waals surface area contributed by atoms with Crippen LogP contribution in [0.2, 0.25) is 5.02 Å². The molecule has 2 aromatic carbocycles. The Kier molecular flexibility index (Phi) is 4.22. The van der Waals surface area contributed by atoms with E-state index in [1.165, 1.54) is 11.1 Å². The fourth-order valence-corrected chi connectivity index (χ4v) is 2.76. The van der Waals surface area contributed by atoms with Crippen molar-refractivity contribution in [3.63, 3.8) is 0 Å². The van der Waals surface area contributed by atoms with Crippen molar-refractivity contribution in [3.05, 3.63) is 69.2 Å². The normalized spacial score (nSPS) is 14.1. The predicted molar refractivity (Wildman–Crippen MR) is 85.4 cm³/mol. The number of benzene rings is 2. The van der Waals surface area contributed by atoms with Crippen LogP contribution in [-0.2, 0) is 12.0 Å². The Morgan fingerprint density at radius 2 is 1.50 bits per heavy atom. The summed E-state index contributed by atoms with van der Waals surface area (Å²) in [5, 5.41) is 11.6. The van der Waals surface area contributed by atoms with Gasteiger partial charge in [0, 0.05) is 11.4 Å². The standard InChI is InChI=1S/C18H21ClO/c1-12-9-14(3)17(10-13(12)2)18(4,20)11-15-5-7-16(19)8-6-15/h5-10,20H,11H2,1-4H3. The number of rotatable bonds is 3. The molecule has 1 N–H and O–H groups in total. The third kappa shape index (κ3) is 3.23. The fourth-order valence-electron chi connectivity index (χ4n) is 2.64. The average molecular weight is 289 g/mol. The van der Waals surface area contributed by atoms with Crippen LogP contribution < -0.4 is 0 Å². The maximum Gasteiger partial charge on any atom is 0.0911 e. The second-order valence-corrected chi connectivity index (χ2v) is 6.26. The largest absolute Gasteiger partial charge is 0.385 e. The molecular weight excluding hydrogens is 268 g/mol. The zero-order chi connectivity index (χ0) is 14.9. The van der Waals surface area contributed by atoms with Gasteiger partial charge in [-0.25, -0.2) is 0 Å². The van der Waals surface area contributed by atoms with Crippen LogP contribution in [0.15, 0.2) is 36.4 Å². The van der Waals surface area contributed by atoms with Gasteiger partial charge in [0.25, 0.3) is 0 Å². The summed E-state index contributed by atoms with van der Waals surface area (Å²) in [6.07, 6.45) is 0.577. The van der Waals surface area contributed by atoms with E-state index in [0.29, 0.717) is 6.42 Å². The molecule has 1 unspecified atom stereocenters. The molecule has 0 saturated heterocycles. The number of hydrogen-bond acceptors (Lipinski definition) is 1. The molecule has 0 amide bonds. The van der Waals surface area contributed by atoms with Gasteiger partial charge in [-0.05, 0) is 67.6 Å². The lowest BCUT2D eigenvalue weighted by molar-refractivity contribution is 0.0569. The molecule has 20 heavy (non-hydrogen) atoms. The number of aliphatic hydroxyl groups is 1. The van der Waals surface area contributed by atoms with Gasteiger partial charge in [0.1, 0.15) is 0 Å². The van der Waals surface area contributed by atoms with Gasteiger partial charge < -0.3 is 5.11 Å². The first-order valence-electron chi connectivity index (χ1n) is 6.85. The minimum absolute atomic E-state index is 0.577. The van der Waals surface area contributed by atoms with Crippen molar-refractivity contribution >= 4 is 11.6 Å². The van der Waals surface area contributed by atoms with Crippen molar-refractivity contribution in [1.82, 2.24) is 0 Å². The molecule has 1 atom stereocenters. The van der Waals surface area contributed by atoms with Gasteiger partial charge in [-0.2, -0.15) is 0 Å². The summed E-state index contributed by atoms with van der Waals surface area (Å²) in [6, 6.07) is 11.9. The monoisotopic (exact) mass is 288 g/mol. The first kappa shape index (κ1) is 15.1. The summed E-state index contributed by atoms with van der Waals surface area (Å²) < 4.78 is 0. The lowest BCUT2D eigenvalue weighted by Gasteiger charge is -2.27. The van der Waals surface area contributed by atoms with Crippen LogP contribution in [-0.4, -0.2) is 5.11 Å². The zero-order valence-corrected chi connectivity index (χ0v) is 13.3. The highest BCUT2D eigenvalue weighted by molar-refractivity contribution is 6.30. The molecule has 0 aliphatic rings. The van der Waals surface area contributed by atoms with E-state index < -0.39 is 5.60 Å². The minimum atomic E-state index is -0.879. The van der Waals surface area contributed by atoms with E-state index in [2.05, 4.69) is 32.9 Å². The van der Waals surface area contributed by atoms with Gasteiger partial charge in [-0.3, -0.25) is 0 Å². The van der Waals surface area contributed by atoms with E-state index in [0.717, 1.165) is 21.7 Å². The second-order valence-electron chi connectivity index (χ2n) is 5.83. The molecule has 0 fully saturated rings. The maximum absolute atomic E-state index is 10.9. The van der Waals surface area contributed by atoms with Gasteiger partial charge in [0.2, 0.25) is 0 Å². The first-order chi connectivity index (χ1) is 9.29. The quantitative estimate of drug-likeness (QED) is 0.867. The summed E-state index contributed by atoms with van der Waals surface area (Å²) in [6.45, 7) is 8.10. The number of hydrogen-bond donors (Lipinski definition) is 1. The van der Waals surface area contributed by atoms with Gasteiger partial charge in [0.15, 0.2) is 0 Å². The molecule has 1 nitrogen and oxygen atoms in total. The maximum atomic E-state index is 10.9. The molecular formula is C18H21ClO. The van der Waals surface area contributed by atoms with Crippen molar-refractivity contribution < 1.29 is 5.11 Å². The van der Waals surface area contributed by atoms with Crippen LogP contribution >= 0.6 is 11.6 Å². The Balaban J connectivity index is 2.34. The highest BCUT2D eigenvalue weighted by atomic mass is 35.5. The minimum Gasteiger partial charge on any atom is -0.385 e. The van der Waals surface area contributed by atoms with E-state index in [1.54, 1.807) is 0 Å². The summed E-state index contributed by atoms with van der Waals surface area (Å²) in [7, 11) is 0. The van der Waals surface area contributed by atoms with Gasteiger partial charge in [-0.1, -0.05) is 35.9 Å².